The highest BCUT2D eigenvalue weighted by Gasteiger charge is 2.29. The molecule has 0 bridgehead atoms. The highest BCUT2D eigenvalue weighted by Crippen LogP contribution is 2.37. The van der Waals surface area contributed by atoms with Crippen molar-refractivity contribution in [1.82, 2.24) is 10.6 Å². The van der Waals surface area contributed by atoms with Crippen LogP contribution in [0.15, 0.2) is 0 Å². The van der Waals surface area contributed by atoms with Crippen molar-refractivity contribution in [3.8, 4) is 0 Å². The molecule has 3 heteroatoms. The normalized spacial score (nSPS) is 37.8. The van der Waals surface area contributed by atoms with Gasteiger partial charge in [0.05, 0.1) is 0 Å². The first-order valence-electron chi connectivity index (χ1n) is 6.37. The first-order valence-corrected chi connectivity index (χ1v) is 7.35. The highest BCUT2D eigenvalue weighted by molar-refractivity contribution is 8.00. The predicted octanol–water partition coefficient (Wildman–Crippen LogP) is 2.00. The summed E-state index contributed by atoms with van der Waals surface area (Å²) in [4.78, 5) is 0. The Kier molecular flexibility index (Phi) is 4.35. The first kappa shape index (κ1) is 11.7. The van der Waals surface area contributed by atoms with Gasteiger partial charge in [-0.05, 0) is 57.9 Å². The third-order valence-corrected chi connectivity index (χ3v) is 5.18. The van der Waals surface area contributed by atoms with Gasteiger partial charge in [0.1, 0.15) is 0 Å². The number of hydrogen-bond acceptors (Lipinski definition) is 3. The molecular formula is C12H24N2S. The number of thioether (sulfide) groups is 1. The molecule has 0 spiro atoms. The molecule has 2 atom stereocenters. The zero-order chi connectivity index (χ0) is 10.6. The van der Waals surface area contributed by atoms with Crippen LogP contribution in [0.5, 0.6) is 0 Å². The van der Waals surface area contributed by atoms with E-state index in [0.717, 1.165) is 6.04 Å². The van der Waals surface area contributed by atoms with E-state index in [2.05, 4.69) is 29.3 Å². The summed E-state index contributed by atoms with van der Waals surface area (Å²) in [6, 6.07) is 0.762. The van der Waals surface area contributed by atoms with Crippen molar-refractivity contribution in [2.45, 2.75) is 49.8 Å². The molecule has 0 saturated carbocycles. The molecule has 2 unspecified atom stereocenters. The molecule has 0 aromatic carbocycles. The molecule has 2 N–H and O–H groups in total. The van der Waals surface area contributed by atoms with Crippen LogP contribution in [0.1, 0.15) is 39.0 Å². The Morgan fingerprint density at radius 3 is 3.07 bits per heavy atom. The summed E-state index contributed by atoms with van der Waals surface area (Å²) in [7, 11) is 0. The molecule has 0 aromatic heterocycles. The zero-order valence-electron chi connectivity index (χ0n) is 9.85. The van der Waals surface area contributed by atoms with Crippen LogP contribution in [0.25, 0.3) is 0 Å². The molecule has 0 radical (unpaired) electrons. The van der Waals surface area contributed by atoms with Crippen molar-refractivity contribution in [3.63, 3.8) is 0 Å². The molecular weight excluding hydrogens is 204 g/mol. The van der Waals surface area contributed by atoms with Crippen LogP contribution in [0.4, 0.5) is 0 Å². The van der Waals surface area contributed by atoms with Gasteiger partial charge in [0, 0.05) is 17.3 Å². The molecule has 2 fully saturated rings. The van der Waals surface area contributed by atoms with E-state index < -0.39 is 0 Å². The van der Waals surface area contributed by atoms with E-state index in [9.17, 15) is 0 Å². The van der Waals surface area contributed by atoms with E-state index in [1.165, 1.54) is 57.5 Å². The van der Waals surface area contributed by atoms with E-state index in [1.54, 1.807) is 0 Å². The Labute approximate surface area is 98.0 Å². The maximum atomic E-state index is 3.78. The first-order chi connectivity index (χ1) is 7.29. The number of nitrogens with one attached hydrogen (secondary N) is 2. The molecule has 2 heterocycles. The lowest BCUT2D eigenvalue weighted by molar-refractivity contribution is 0.432. The molecule has 2 aliphatic rings. The summed E-state index contributed by atoms with van der Waals surface area (Å²) in [6.45, 7) is 6.04. The third kappa shape index (κ3) is 3.65. The van der Waals surface area contributed by atoms with Gasteiger partial charge in [0.15, 0.2) is 0 Å². The van der Waals surface area contributed by atoms with Crippen LogP contribution in [0, 0.1) is 0 Å². The Bertz CT molecular complexity index is 182. The van der Waals surface area contributed by atoms with Crippen LogP contribution < -0.4 is 10.6 Å². The van der Waals surface area contributed by atoms with Gasteiger partial charge >= 0.3 is 0 Å². The van der Waals surface area contributed by atoms with E-state index >= 15 is 0 Å². The minimum absolute atomic E-state index is 0.528. The molecule has 2 aliphatic heterocycles. The van der Waals surface area contributed by atoms with Crippen molar-refractivity contribution in [1.29, 1.82) is 0 Å². The van der Waals surface area contributed by atoms with Crippen molar-refractivity contribution in [2.75, 3.05) is 25.4 Å². The van der Waals surface area contributed by atoms with Crippen molar-refractivity contribution < 1.29 is 0 Å². The Balaban J connectivity index is 1.71. The smallest absolute Gasteiger partial charge is 0.0256 e. The zero-order valence-corrected chi connectivity index (χ0v) is 10.7. The molecule has 0 amide bonds. The van der Waals surface area contributed by atoms with Gasteiger partial charge in [-0.3, -0.25) is 0 Å². The fourth-order valence-electron chi connectivity index (χ4n) is 2.56. The number of hydrogen-bond donors (Lipinski definition) is 2. The second-order valence-corrected chi connectivity index (χ2v) is 6.84. The topological polar surface area (TPSA) is 24.1 Å². The van der Waals surface area contributed by atoms with E-state index in [0.29, 0.717) is 4.75 Å². The molecule has 2 rings (SSSR count). The molecule has 0 aliphatic carbocycles. The average molecular weight is 228 g/mol. The van der Waals surface area contributed by atoms with Crippen molar-refractivity contribution in [2.24, 2.45) is 0 Å². The van der Waals surface area contributed by atoms with Gasteiger partial charge < -0.3 is 10.6 Å². The minimum atomic E-state index is 0.528. The van der Waals surface area contributed by atoms with Gasteiger partial charge in [-0.15, -0.1) is 0 Å². The molecule has 2 saturated heterocycles. The molecule has 88 valence electrons. The summed E-state index contributed by atoms with van der Waals surface area (Å²) in [5.41, 5.74) is 0. The quantitative estimate of drug-likeness (QED) is 0.772. The van der Waals surface area contributed by atoms with Gasteiger partial charge in [-0.25, -0.2) is 0 Å². The lowest BCUT2D eigenvalue weighted by Crippen LogP contribution is -2.39. The van der Waals surface area contributed by atoms with Crippen LogP contribution in [0.3, 0.4) is 0 Å². The minimum Gasteiger partial charge on any atom is -0.317 e. The van der Waals surface area contributed by atoms with Crippen LogP contribution in [-0.4, -0.2) is 36.2 Å². The lowest BCUT2D eigenvalue weighted by Gasteiger charge is -2.26. The maximum absolute atomic E-state index is 3.78. The predicted molar refractivity (Wildman–Crippen MR) is 68.6 cm³/mol. The van der Waals surface area contributed by atoms with E-state index in [1.807, 2.05) is 0 Å². The van der Waals surface area contributed by atoms with Crippen LogP contribution in [0.2, 0.25) is 0 Å². The van der Waals surface area contributed by atoms with Crippen molar-refractivity contribution >= 4 is 11.8 Å². The Morgan fingerprint density at radius 1 is 1.33 bits per heavy atom. The standard InChI is InChI=1S/C12H24N2S/c1-12(6-3-9-15-12)10-14-11-4-2-7-13-8-5-11/h11,13-14H,2-10H2,1H3. The summed E-state index contributed by atoms with van der Waals surface area (Å²) in [5.74, 6) is 1.37. The molecule has 15 heavy (non-hydrogen) atoms. The fraction of sp³-hybridized carbons (Fsp3) is 1.00. The summed E-state index contributed by atoms with van der Waals surface area (Å²) >= 11 is 2.16. The average Bonchev–Trinajstić information content (AvgIpc) is 2.53. The largest absolute Gasteiger partial charge is 0.317 e. The second kappa shape index (κ2) is 5.55. The van der Waals surface area contributed by atoms with Gasteiger partial charge in [0.2, 0.25) is 0 Å². The second-order valence-electron chi connectivity index (χ2n) is 5.16. The number of rotatable bonds is 3. The van der Waals surface area contributed by atoms with E-state index in [4.69, 9.17) is 0 Å². The molecule has 2 nitrogen and oxygen atoms in total. The van der Waals surface area contributed by atoms with Crippen LogP contribution in [-0.2, 0) is 0 Å². The Morgan fingerprint density at radius 2 is 2.27 bits per heavy atom. The monoisotopic (exact) mass is 228 g/mol. The Hall–Kier alpha value is 0.270. The summed E-state index contributed by atoms with van der Waals surface area (Å²) in [5, 5.41) is 7.25. The highest BCUT2D eigenvalue weighted by atomic mass is 32.2. The molecule has 0 aromatic rings. The van der Waals surface area contributed by atoms with Crippen molar-refractivity contribution in [3.05, 3.63) is 0 Å². The SMILES string of the molecule is CC1(CNC2CCCNCC2)CCCS1. The summed E-state index contributed by atoms with van der Waals surface area (Å²) < 4.78 is 0.528. The van der Waals surface area contributed by atoms with Gasteiger partial charge in [0.25, 0.3) is 0 Å². The van der Waals surface area contributed by atoms with Crippen LogP contribution >= 0.6 is 11.8 Å². The maximum Gasteiger partial charge on any atom is 0.0256 e. The third-order valence-electron chi connectivity index (χ3n) is 3.64. The van der Waals surface area contributed by atoms with E-state index in [-0.39, 0.29) is 0 Å². The lowest BCUT2D eigenvalue weighted by atomic mass is 10.0. The van der Waals surface area contributed by atoms with Gasteiger partial charge in [-0.1, -0.05) is 0 Å². The fourth-order valence-corrected chi connectivity index (χ4v) is 3.82. The van der Waals surface area contributed by atoms with Gasteiger partial charge in [-0.2, -0.15) is 11.8 Å². The summed E-state index contributed by atoms with van der Waals surface area (Å²) in [6.07, 6.45) is 6.81.